The van der Waals surface area contributed by atoms with Crippen LogP contribution in [-0.4, -0.2) is 28.7 Å². The second-order valence-corrected chi connectivity index (χ2v) is 3.63. The molecule has 0 radical (unpaired) electrons. The number of nitriles is 1. The Hall–Kier alpha value is -1.41. The number of rotatable bonds is 5. The molecule has 0 N–H and O–H groups in total. The van der Waals surface area contributed by atoms with Crippen molar-refractivity contribution in [3.05, 3.63) is 11.4 Å². The summed E-state index contributed by atoms with van der Waals surface area (Å²) in [4.78, 5) is 0. The summed E-state index contributed by atoms with van der Waals surface area (Å²) in [6.07, 6.45) is 0.320. The number of aromatic nitrogens is 3. The fourth-order valence-electron chi connectivity index (χ4n) is 1.53. The van der Waals surface area contributed by atoms with Crippen molar-refractivity contribution in [1.82, 2.24) is 15.0 Å². The average Bonchev–Trinajstić information content (AvgIpc) is 2.58. The zero-order valence-electron chi connectivity index (χ0n) is 9.40. The maximum Gasteiger partial charge on any atom is 0.100 e. The van der Waals surface area contributed by atoms with Gasteiger partial charge in [0.2, 0.25) is 0 Å². The highest BCUT2D eigenvalue weighted by molar-refractivity contribution is 5.17. The third-order valence-electron chi connectivity index (χ3n) is 2.15. The predicted octanol–water partition coefficient (Wildman–Crippen LogP) is 1.11. The Morgan fingerprint density at radius 1 is 1.53 bits per heavy atom. The molecule has 0 unspecified atom stereocenters. The summed E-state index contributed by atoms with van der Waals surface area (Å²) in [6.45, 7) is 5.43. The van der Waals surface area contributed by atoms with Gasteiger partial charge < -0.3 is 4.74 Å². The molecular formula is C10H16N4O. The van der Waals surface area contributed by atoms with Gasteiger partial charge in [-0.05, 0) is 5.92 Å². The SMILES string of the molecule is COCCn1nnc(CC#N)c1C(C)C. The van der Waals surface area contributed by atoms with Crippen LogP contribution in [-0.2, 0) is 17.7 Å². The van der Waals surface area contributed by atoms with Crippen molar-refractivity contribution < 1.29 is 4.74 Å². The molecule has 0 aliphatic heterocycles. The van der Waals surface area contributed by atoms with Crippen molar-refractivity contribution in [1.29, 1.82) is 5.26 Å². The Labute approximate surface area is 89.7 Å². The molecular weight excluding hydrogens is 192 g/mol. The summed E-state index contributed by atoms with van der Waals surface area (Å²) in [5.74, 6) is 0.320. The maximum absolute atomic E-state index is 8.66. The second kappa shape index (κ2) is 5.47. The lowest BCUT2D eigenvalue weighted by atomic mass is 10.1. The van der Waals surface area contributed by atoms with Gasteiger partial charge in [0.15, 0.2) is 0 Å². The highest BCUT2D eigenvalue weighted by Gasteiger charge is 2.15. The van der Waals surface area contributed by atoms with Crippen molar-refractivity contribution in [3.63, 3.8) is 0 Å². The smallest absolute Gasteiger partial charge is 0.100 e. The molecule has 5 nitrogen and oxygen atoms in total. The first kappa shape index (κ1) is 11.7. The zero-order chi connectivity index (χ0) is 11.3. The summed E-state index contributed by atoms with van der Waals surface area (Å²) < 4.78 is 6.82. The molecule has 5 heteroatoms. The highest BCUT2D eigenvalue weighted by Crippen LogP contribution is 2.17. The van der Waals surface area contributed by atoms with Crippen LogP contribution in [0, 0.1) is 11.3 Å². The molecule has 82 valence electrons. The Bertz CT molecular complexity index is 351. The Morgan fingerprint density at radius 3 is 2.80 bits per heavy atom. The molecule has 1 rings (SSSR count). The van der Waals surface area contributed by atoms with Crippen LogP contribution in [0.4, 0.5) is 0 Å². The normalized spacial score (nSPS) is 10.6. The minimum Gasteiger partial charge on any atom is -0.383 e. The van der Waals surface area contributed by atoms with Crippen LogP contribution < -0.4 is 0 Å². The van der Waals surface area contributed by atoms with E-state index in [1.807, 2.05) is 4.68 Å². The van der Waals surface area contributed by atoms with E-state index in [1.54, 1.807) is 7.11 Å². The molecule has 0 aliphatic rings. The lowest BCUT2D eigenvalue weighted by Crippen LogP contribution is -2.11. The minimum atomic E-state index is 0.320. The van der Waals surface area contributed by atoms with E-state index in [9.17, 15) is 0 Å². The number of nitrogens with zero attached hydrogens (tertiary/aromatic N) is 4. The molecule has 0 atom stereocenters. The molecule has 0 amide bonds. The third-order valence-corrected chi connectivity index (χ3v) is 2.15. The average molecular weight is 208 g/mol. The molecule has 0 aliphatic carbocycles. The summed E-state index contributed by atoms with van der Waals surface area (Å²) in [5, 5.41) is 16.7. The van der Waals surface area contributed by atoms with Gasteiger partial charge in [-0.2, -0.15) is 5.26 Å². The fraction of sp³-hybridized carbons (Fsp3) is 0.700. The van der Waals surface area contributed by atoms with Crippen molar-refractivity contribution in [2.24, 2.45) is 0 Å². The van der Waals surface area contributed by atoms with E-state index >= 15 is 0 Å². The van der Waals surface area contributed by atoms with Crippen LogP contribution in [0.25, 0.3) is 0 Å². The molecule has 1 aromatic rings. The Kier molecular flexibility index (Phi) is 4.25. The van der Waals surface area contributed by atoms with Crippen molar-refractivity contribution in [2.75, 3.05) is 13.7 Å². The maximum atomic E-state index is 8.66. The van der Waals surface area contributed by atoms with E-state index in [4.69, 9.17) is 10.00 Å². The molecule has 1 heterocycles. The van der Waals surface area contributed by atoms with Crippen LogP contribution >= 0.6 is 0 Å². The van der Waals surface area contributed by atoms with Gasteiger partial charge in [-0.1, -0.05) is 19.1 Å². The fourth-order valence-corrected chi connectivity index (χ4v) is 1.53. The highest BCUT2D eigenvalue weighted by atomic mass is 16.5. The lowest BCUT2D eigenvalue weighted by molar-refractivity contribution is 0.181. The van der Waals surface area contributed by atoms with E-state index in [1.165, 1.54) is 0 Å². The summed E-state index contributed by atoms with van der Waals surface area (Å²) >= 11 is 0. The summed E-state index contributed by atoms with van der Waals surface area (Å²) in [6, 6.07) is 2.10. The van der Waals surface area contributed by atoms with Gasteiger partial charge in [-0.15, -0.1) is 5.10 Å². The van der Waals surface area contributed by atoms with E-state index in [0.717, 1.165) is 11.4 Å². The quantitative estimate of drug-likeness (QED) is 0.727. The van der Waals surface area contributed by atoms with Gasteiger partial charge in [0.05, 0.1) is 31.3 Å². The van der Waals surface area contributed by atoms with Gasteiger partial charge in [-0.25, -0.2) is 4.68 Å². The first-order valence-electron chi connectivity index (χ1n) is 4.98. The molecule has 0 spiro atoms. The molecule has 1 aromatic heterocycles. The molecule has 0 fully saturated rings. The van der Waals surface area contributed by atoms with Crippen LogP contribution in [0.1, 0.15) is 31.2 Å². The van der Waals surface area contributed by atoms with Gasteiger partial charge in [0, 0.05) is 7.11 Å². The van der Waals surface area contributed by atoms with Gasteiger partial charge in [-0.3, -0.25) is 0 Å². The molecule has 0 bridgehead atoms. The minimum absolute atomic E-state index is 0.320. The van der Waals surface area contributed by atoms with Crippen molar-refractivity contribution in [2.45, 2.75) is 32.7 Å². The first-order valence-corrected chi connectivity index (χ1v) is 4.98. The van der Waals surface area contributed by atoms with E-state index in [2.05, 4.69) is 30.2 Å². The van der Waals surface area contributed by atoms with Crippen molar-refractivity contribution >= 4 is 0 Å². The third kappa shape index (κ3) is 2.77. The van der Waals surface area contributed by atoms with Crippen LogP contribution in [0.2, 0.25) is 0 Å². The van der Waals surface area contributed by atoms with Crippen LogP contribution in [0.5, 0.6) is 0 Å². The van der Waals surface area contributed by atoms with Crippen LogP contribution in [0.15, 0.2) is 0 Å². The molecule has 0 saturated heterocycles. The predicted molar refractivity (Wildman–Crippen MR) is 55.3 cm³/mol. The van der Waals surface area contributed by atoms with Gasteiger partial charge in [0.25, 0.3) is 0 Å². The monoisotopic (exact) mass is 208 g/mol. The van der Waals surface area contributed by atoms with Crippen LogP contribution in [0.3, 0.4) is 0 Å². The van der Waals surface area contributed by atoms with Gasteiger partial charge in [0.1, 0.15) is 5.69 Å². The Balaban J connectivity index is 2.91. The number of ether oxygens (including phenoxy) is 1. The molecule has 0 saturated carbocycles. The van der Waals surface area contributed by atoms with E-state index in [-0.39, 0.29) is 0 Å². The Morgan fingerprint density at radius 2 is 2.27 bits per heavy atom. The van der Waals surface area contributed by atoms with Crippen molar-refractivity contribution in [3.8, 4) is 6.07 Å². The lowest BCUT2D eigenvalue weighted by Gasteiger charge is -2.09. The summed E-state index contributed by atoms with van der Waals surface area (Å²) in [7, 11) is 1.65. The number of hydrogen-bond donors (Lipinski definition) is 0. The number of hydrogen-bond acceptors (Lipinski definition) is 4. The van der Waals surface area contributed by atoms with E-state index in [0.29, 0.717) is 25.5 Å². The van der Waals surface area contributed by atoms with Gasteiger partial charge >= 0.3 is 0 Å². The number of methoxy groups -OCH3 is 1. The largest absolute Gasteiger partial charge is 0.383 e. The first-order chi connectivity index (χ1) is 7.20. The topological polar surface area (TPSA) is 63.7 Å². The van der Waals surface area contributed by atoms with E-state index < -0.39 is 0 Å². The molecule has 15 heavy (non-hydrogen) atoms. The zero-order valence-corrected chi connectivity index (χ0v) is 9.40. The molecule has 0 aromatic carbocycles. The second-order valence-electron chi connectivity index (χ2n) is 3.63. The standard InChI is InChI=1S/C10H16N4O/c1-8(2)10-9(4-5-11)12-13-14(10)6-7-15-3/h8H,4,6-7H2,1-3H3. The summed E-state index contributed by atoms with van der Waals surface area (Å²) in [5.41, 5.74) is 1.82.